The van der Waals surface area contributed by atoms with E-state index in [1.54, 1.807) is 12.4 Å². The number of hydrogen-bond acceptors (Lipinski definition) is 6. The van der Waals surface area contributed by atoms with Gasteiger partial charge in [0.15, 0.2) is 0 Å². The molecule has 0 saturated carbocycles. The van der Waals surface area contributed by atoms with Crippen LogP contribution in [0.4, 0.5) is 0 Å². The minimum atomic E-state index is -0.205. The molecule has 0 N–H and O–H groups in total. The number of rotatable bonds is 4. The van der Waals surface area contributed by atoms with Gasteiger partial charge < -0.3 is 9.80 Å². The molecule has 26 heavy (non-hydrogen) atoms. The maximum Gasteiger partial charge on any atom is 0.278 e. The summed E-state index contributed by atoms with van der Waals surface area (Å²) >= 11 is 1.50. The highest BCUT2D eigenvalue weighted by Crippen LogP contribution is 2.35. The summed E-state index contributed by atoms with van der Waals surface area (Å²) in [5.41, 5.74) is 2.00. The van der Waals surface area contributed by atoms with Crippen molar-refractivity contribution in [2.45, 2.75) is 6.54 Å². The zero-order valence-electron chi connectivity index (χ0n) is 14.6. The summed E-state index contributed by atoms with van der Waals surface area (Å²) in [5.74, 6) is -0.400. The van der Waals surface area contributed by atoms with Crippen molar-refractivity contribution in [3.8, 4) is 0 Å². The highest BCUT2D eigenvalue weighted by Gasteiger charge is 2.42. The second-order valence-electron chi connectivity index (χ2n) is 6.54. The molecule has 7 heteroatoms. The third-order valence-electron chi connectivity index (χ3n) is 4.82. The molecule has 0 radical (unpaired) electrons. The second kappa shape index (κ2) is 7.01. The molecular weight excluding hydrogens is 348 g/mol. The first-order valence-electron chi connectivity index (χ1n) is 8.62. The molecule has 0 unspecified atom stereocenters. The molecule has 2 aliphatic heterocycles. The summed E-state index contributed by atoms with van der Waals surface area (Å²) in [6, 6.07) is 7.49. The van der Waals surface area contributed by atoms with Gasteiger partial charge in [0, 0.05) is 43.4 Å². The highest BCUT2D eigenvalue weighted by atomic mass is 32.1. The van der Waals surface area contributed by atoms with Crippen molar-refractivity contribution in [2.24, 2.45) is 0 Å². The molecule has 1 saturated heterocycles. The number of likely N-dealkylation sites (N-methyl/N-ethyl adjacent to an activating group) is 1. The van der Waals surface area contributed by atoms with E-state index in [-0.39, 0.29) is 18.4 Å². The van der Waals surface area contributed by atoms with E-state index in [0.29, 0.717) is 11.3 Å². The third kappa shape index (κ3) is 3.04. The number of pyridine rings is 1. The van der Waals surface area contributed by atoms with Gasteiger partial charge in [0.25, 0.3) is 11.8 Å². The van der Waals surface area contributed by atoms with Gasteiger partial charge >= 0.3 is 0 Å². The molecule has 2 aromatic rings. The summed E-state index contributed by atoms with van der Waals surface area (Å²) < 4.78 is 0. The van der Waals surface area contributed by atoms with Crippen molar-refractivity contribution in [3.63, 3.8) is 0 Å². The number of aromatic nitrogens is 1. The Bertz CT molecular complexity index is 840. The smallest absolute Gasteiger partial charge is 0.278 e. The van der Waals surface area contributed by atoms with Crippen LogP contribution in [0.5, 0.6) is 0 Å². The van der Waals surface area contributed by atoms with E-state index in [0.717, 1.165) is 36.6 Å². The number of nitrogens with zero attached hydrogens (tertiary/aromatic N) is 4. The minimum absolute atomic E-state index is 0.195. The van der Waals surface area contributed by atoms with Crippen molar-refractivity contribution in [2.75, 3.05) is 33.2 Å². The Hall–Kier alpha value is -2.51. The normalized spacial score (nSPS) is 19.0. The first-order chi connectivity index (χ1) is 12.6. The summed E-state index contributed by atoms with van der Waals surface area (Å²) in [7, 11) is 2.07. The van der Waals surface area contributed by atoms with Gasteiger partial charge in [-0.3, -0.25) is 19.5 Å². The standard InChI is InChI=1S/C19H20N4O2S/c1-21-8-10-22(11-9-21)17-16(15-3-2-12-26-15)18(24)23(19(17)25)13-14-4-6-20-7-5-14/h2-7,12H,8-11,13H2,1H3. The van der Waals surface area contributed by atoms with E-state index in [1.165, 1.54) is 16.2 Å². The first kappa shape index (κ1) is 16.9. The van der Waals surface area contributed by atoms with Crippen LogP contribution in [0.3, 0.4) is 0 Å². The molecule has 4 rings (SSSR count). The quantitative estimate of drug-likeness (QED) is 0.769. The van der Waals surface area contributed by atoms with Crippen LogP contribution < -0.4 is 0 Å². The average molecular weight is 368 g/mol. The molecule has 2 aliphatic rings. The van der Waals surface area contributed by atoms with Crippen LogP contribution in [0.1, 0.15) is 10.4 Å². The molecule has 0 bridgehead atoms. The van der Waals surface area contributed by atoms with Gasteiger partial charge in [0.2, 0.25) is 0 Å². The molecule has 0 aliphatic carbocycles. The Morgan fingerprint density at radius 1 is 1.04 bits per heavy atom. The van der Waals surface area contributed by atoms with Crippen molar-refractivity contribution in [3.05, 3.63) is 58.2 Å². The van der Waals surface area contributed by atoms with Crippen LogP contribution in [-0.2, 0) is 16.1 Å². The zero-order chi connectivity index (χ0) is 18.1. The van der Waals surface area contributed by atoms with Crippen molar-refractivity contribution in [1.29, 1.82) is 0 Å². The van der Waals surface area contributed by atoms with Crippen LogP contribution in [0.2, 0.25) is 0 Å². The predicted molar refractivity (Wildman–Crippen MR) is 100 cm³/mol. The maximum absolute atomic E-state index is 13.2. The Balaban J connectivity index is 1.69. The lowest BCUT2D eigenvalue weighted by molar-refractivity contribution is -0.138. The fourth-order valence-electron chi connectivity index (χ4n) is 3.34. The molecule has 0 atom stereocenters. The molecular formula is C19H20N4O2S. The topological polar surface area (TPSA) is 56.8 Å². The van der Waals surface area contributed by atoms with Gasteiger partial charge in [0.1, 0.15) is 5.70 Å². The van der Waals surface area contributed by atoms with Gasteiger partial charge in [0.05, 0.1) is 12.1 Å². The van der Waals surface area contributed by atoms with E-state index >= 15 is 0 Å². The number of thiophene rings is 1. The summed E-state index contributed by atoms with van der Waals surface area (Å²) in [4.78, 5) is 36.8. The number of imide groups is 1. The second-order valence-corrected chi connectivity index (χ2v) is 7.49. The fourth-order valence-corrected chi connectivity index (χ4v) is 4.11. The minimum Gasteiger partial charge on any atom is -0.364 e. The highest BCUT2D eigenvalue weighted by molar-refractivity contribution is 7.11. The van der Waals surface area contributed by atoms with Gasteiger partial charge in [-0.05, 0) is 36.2 Å². The molecule has 4 heterocycles. The first-order valence-corrected chi connectivity index (χ1v) is 9.50. The zero-order valence-corrected chi connectivity index (χ0v) is 15.4. The van der Waals surface area contributed by atoms with Crippen LogP contribution in [0, 0.1) is 0 Å². The summed E-state index contributed by atoms with van der Waals surface area (Å²) in [6.45, 7) is 3.54. The number of hydrogen-bond donors (Lipinski definition) is 0. The van der Waals surface area contributed by atoms with E-state index in [2.05, 4.69) is 21.8 Å². The van der Waals surface area contributed by atoms with E-state index in [1.807, 2.05) is 29.6 Å². The molecule has 0 spiro atoms. The van der Waals surface area contributed by atoms with E-state index in [9.17, 15) is 9.59 Å². The average Bonchev–Trinajstić information content (AvgIpc) is 3.26. The van der Waals surface area contributed by atoms with Gasteiger partial charge in [-0.2, -0.15) is 0 Å². The van der Waals surface area contributed by atoms with Crippen LogP contribution >= 0.6 is 11.3 Å². The van der Waals surface area contributed by atoms with Crippen molar-refractivity contribution in [1.82, 2.24) is 19.7 Å². The van der Waals surface area contributed by atoms with Crippen LogP contribution in [0.25, 0.3) is 5.57 Å². The number of amides is 2. The monoisotopic (exact) mass is 368 g/mol. The number of piperazine rings is 1. The summed E-state index contributed by atoms with van der Waals surface area (Å²) in [5, 5.41) is 1.94. The van der Waals surface area contributed by atoms with Crippen LogP contribution in [-0.4, -0.2) is 64.7 Å². The predicted octanol–water partition coefficient (Wildman–Crippen LogP) is 1.67. The Morgan fingerprint density at radius 3 is 2.42 bits per heavy atom. The Morgan fingerprint density at radius 2 is 1.77 bits per heavy atom. The molecule has 1 fully saturated rings. The van der Waals surface area contributed by atoms with Crippen molar-refractivity contribution < 1.29 is 9.59 Å². The van der Waals surface area contributed by atoms with Gasteiger partial charge in [-0.15, -0.1) is 11.3 Å². The lowest BCUT2D eigenvalue weighted by Crippen LogP contribution is -2.46. The lowest BCUT2D eigenvalue weighted by Gasteiger charge is -2.34. The van der Waals surface area contributed by atoms with Gasteiger partial charge in [-0.25, -0.2) is 0 Å². The molecule has 0 aromatic carbocycles. The van der Waals surface area contributed by atoms with E-state index < -0.39 is 0 Å². The summed E-state index contributed by atoms with van der Waals surface area (Å²) in [6.07, 6.45) is 3.35. The molecule has 2 amide bonds. The maximum atomic E-state index is 13.2. The lowest BCUT2D eigenvalue weighted by atomic mass is 10.1. The Labute approximate surface area is 156 Å². The SMILES string of the molecule is CN1CCN(C2=C(c3cccs3)C(=O)N(Cc3ccncc3)C2=O)CC1. The number of carbonyl (C=O) groups excluding carboxylic acids is 2. The van der Waals surface area contributed by atoms with Gasteiger partial charge in [-0.1, -0.05) is 6.07 Å². The third-order valence-corrected chi connectivity index (χ3v) is 5.71. The largest absolute Gasteiger partial charge is 0.364 e. The Kier molecular flexibility index (Phi) is 4.57. The van der Waals surface area contributed by atoms with E-state index in [4.69, 9.17) is 0 Å². The fraction of sp³-hybridized carbons (Fsp3) is 0.316. The molecule has 6 nitrogen and oxygen atoms in total. The number of carbonyl (C=O) groups is 2. The molecule has 134 valence electrons. The molecule has 2 aromatic heterocycles. The van der Waals surface area contributed by atoms with Crippen LogP contribution in [0.15, 0.2) is 47.7 Å². The van der Waals surface area contributed by atoms with Crippen molar-refractivity contribution >= 4 is 28.7 Å².